The zero-order valence-electron chi connectivity index (χ0n) is 20.1. The first-order valence-electron chi connectivity index (χ1n) is 12.5. The number of nitrogens with one attached hydrogen (secondary N) is 1. The van der Waals surface area contributed by atoms with Crippen molar-refractivity contribution in [2.75, 3.05) is 45.9 Å². The Morgan fingerprint density at radius 1 is 1.06 bits per heavy atom. The summed E-state index contributed by atoms with van der Waals surface area (Å²) in [7, 11) is -3.69. The number of piperidine rings is 1. The number of benzene rings is 1. The van der Waals surface area contributed by atoms with Crippen molar-refractivity contribution in [2.24, 2.45) is 5.92 Å². The molecular weight excluding hydrogens is 454 g/mol. The molecule has 0 aromatic heterocycles. The van der Waals surface area contributed by atoms with E-state index in [1.165, 1.54) is 42.6 Å². The van der Waals surface area contributed by atoms with Gasteiger partial charge in [-0.3, -0.25) is 14.5 Å². The number of amides is 1. The molecule has 1 aliphatic carbocycles. The number of nitrogens with zero attached hydrogens (tertiary/aromatic N) is 2. The van der Waals surface area contributed by atoms with Crippen molar-refractivity contribution in [3.63, 3.8) is 0 Å². The first-order chi connectivity index (χ1) is 16.3. The van der Waals surface area contributed by atoms with Gasteiger partial charge in [-0.15, -0.1) is 0 Å². The van der Waals surface area contributed by atoms with Gasteiger partial charge in [0, 0.05) is 49.7 Å². The van der Waals surface area contributed by atoms with Crippen LogP contribution in [0.25, 0.3) is 0 Å². The van der Waals surface area contributed by atoms with Crippen LogP contribution >= 0.6 is 0 Å². The molecule has 2 heterocycles. The lowest BCUT2D eigenvalue weighted by Crippen LogP contribution is -2.60. The van der Waals surface area contributed by atoms with Crippen molar-refractivity contribution in [3.05, 3.63) is 29.8 Å². The number of Topliss-reactive ketones (excluding diaryl/α,β-unsaturated/α-hetero) is 1. The summed E-state index contributed by atoms with van der Waals surface area (Å²) < 4.78 is 33.2. The third-order valence-corrected chi connectivity index (χ3v) is 9.66. The van der Waals surface area contributed by atoms with E-state index in [1.54, 1.807) is 12.1 Å². The first-order valence-corrected chi connectivity index (χ1v) is 14.0. The quantitative estimate of drug-likeness (QED) is 0.589. The maximum absolute atomic E-state index is 13.1. The number of carbonyl (C=O) groups is 2. The summed E-state index contributed by atoms with van der Waals surface area (Å²) in [4.78, 5) is 27.4. The summed E-state index contributed by atoms with van der Waals surface area (Å²) in [6.07, 6.45) is 6.83. The molecule has 1 amide bonds. The Morgan fingerprint density at radius 2 is 1.74 bits per heavy atom. The molecule has 0 bridgehead atoms. The van der Waals surface area contributed by atoms with Crippen LogP contribution < -0.4 is 5.32 Å². The Bertz CT molecular complexity index is 976. The van der Waals surface area contributed by atoms with Gasteiger partial charge in [0.25, 0.3) is 0 Å². The second kappa shape index (κ2) is 10.8. The lowest BCUT2D eigenvalue weighted by molar-refractivity contribution is -0.127. The van der Waals surface area contributed by atoms with Gasteiger partial charge in [-0.1, -0.05) is 31.4 Å². The van der Waals surface area contributed by atoms with Crippen molar-refractivity contribution >= 4 is 21.7 Å². The summed E-state index contributed by atoms with van der Waals surface area (Å²) in [5, 5.41) is 3.24. The second-order valence-corrected chi connectivity index (χ2v) is 11.8. The van der Waals surface area contributed by atoms with Crippen molar-refractivity contribution in [3.8, 4) is 0 Å². The van der Waals surface area contributed by atoms with Crippen LogP contribution in [-0.4, -0.2) is 80.8 Å². The fraction of sp³-hybridized carbons (Fsp3) is 0.680. The highest BCUT2D eigenvalue weighted by Gasteiger charge is 2.40. The van der Waals surface area contributed by atoms with Crippen LogP contribution in [0.15, 0.2) is 29.2 Å². The number of hydrogen-bond donors (Lipinski definition) is 1. The third-order valence-electron chi connectivity index (χ3n) is 7.76. The van der Waals surface area contributed by atoms with Crippen LogP contribution in [0.2, 0.25) is 0 Å². The molecule has 3 aliphatic rings. The molecule has 0 radical (unpaired) electrons. The van der Waals surface area contributed by atoms with Gasteiger partial charge < -0.3 is 10.1 Å². The summed E-state index contributed by atoms with van der Waals surface area (Å²) in [5.74, 6) is -0.311. The Labute approximate surface area is 203 Å². The monoisotopic (exact) mass is 491 g/mol. The van der Waals surface area contributed by atoms with E-state index in [1.807, 2.05) is 0 Å². The van der Waals surface area contributed by atoms with Gasteiger partial charge in [-0.2, -0.15) is 4.31 Å². The smallest absolute Gasteiger partial charge is 0.243 e. The first kappa shape index (κ1) is 25.3. The standard InChI is InChI=1S/C25H37N3O5S/c1-20(29)22-6-5-7-23(18-22)34(31,32)28-12-8-21(9-13-28)24(30)26-19-25(10-3-2-4-11-25)27-14-16-33-17-15-27/h5-7,18,21H,2-4,8-17,19H2,1H3,(H,26,30). The van der Waals surface area contributed by atoms with Crippen LogP contribution in [0.5, 0.6) is 0 Å². The number of ether oxygens (including phenoxy) is 1. The summed E-state index contributed by atoms with van der Waals surface area (Å²) >= 11 is 0. The van der Waals surface area contributed by atoms with E-state index in [2.05, 4.69) is 10.2 Å². The predicted molar refractivity (Wildman–Crippen MR) is 129 cm³/mol. The lowest BCUT2D eigenvalue weighted by Gasteiger charge is -2.48. The highest BCUT2D eigenvalue weighted by Crippen LogP contribution is 2.34. The molecule has 9 heteroatoms. The van der Waals surface area contributed by atoms with Crippen LogP contribution in [0.1, 0.15) is 62.2 Å². The lowest BCUT2D eigenvalue weighted by atomic mass is 9.79. The molecule has 34 heavy (non-hydrogen) atoms. The summed E-state index contributed by atoms with van der Waals surface area (Å²) in [6, 6.07) is 6.18. The van der Waals surface area contributed by atoms with Crippen molar-refractivity contribution < 1.29 is 22.7 Å². The molecule has 188 valence electrons. The molecule has 1 saturated carbocycles. The predicted octanol–water partition coefficient (Wildman–Crippen LogP) is 2.44. The largest absolute Gasteiger partial charge is 0.379 e. The molecule has 4 rings (SSSR count). The molecule has 0 unspecified atom stereocenters. The van der Waals surface area contributed by atoms with E-state index < -0.39 is 10.0 Å². The van der Waals surface area contributed by atoms with Crippen LogP contribution in [-0.2, 0) is 19.6 Å². The van der Waals surface area contributed by atoms with Crippen LogP contribution in [0, 0.1) is 5.92 Å². The second-order valence-electron chi connectivity index (χ2n) is 9.86. The topological polar surface area (TPSA) is 96.0 Å². The van der Waals surface area contributed by atoms with Crippen molar-refractivity contribution in [1.82, 2.24) is 14.5 Å². The zero-order chi connectivity index (χ0) is 24.2. The Kier molecular flexibility index (Phi) is 8.07. The molecule has 2 aliphatic heterocycles. The molecule has 1 aromatic rings. The molecular formula is C25H37N3O5S. The number of carbonyl (C=O) groups excluding carboxylic acids is 2. The van der Waals surface area contributed by atoms with Gasteiger partial charge in [0.15, 0.2) is 5.78 Å². The highest BCUT2D eigenvalue weighted by atomic mass is 32.2. The molecule has 0 spiro atoms. The molecule has 0 atom stereocenters. The van der Waals surface area contributed by atoms with Gasteiger partial charge in [-0.25, -0.2) is 8.42 Å². The molecule has 2 saturated heterocycles. The zero-order valence-corrected chi connectivity index (χ0v) is 20.9. The Balaban J connectivity index is 1.34. The maximum atomic E-state index is 13.1. The van der Waals surface area contributed by atoms with Crippen molar-refractivity contribution in [1.29, 1.82) is 0 Å². The minimum atomic E-state index is -3.69. The minimum absolute atomic E-state index is 0.0173. The number of rotatable bonds is 7. The van der Waals surface area contributed by atoms with Gasteiger partial charge >= 0.3 is 0 Å². The third kappa shape index (κ3) is 5.53. The van der Waals surface area contributed by atoms with E-state index >= 15 is 0 Å². The van der Waals surface area contributed by atoms with Crippen LogP contribution in [0.3, 0.4) is 0 Å². The van der Waals surface area contributed by atoms with Gasteiger partial charge in [-0.05, 0) is 44.7 Å². The van der Waals surface area contributed by atoms with E-state index in [4.69, 9.17) is 4.74 Å². The average Bonchev–Trinajstić information content (AvgIpc) is 2.88. The number of hydrogen-bond acceptors (Lipinski definition) is 6. The van der Waals surface area contributed by atoms with E-state index in [9.17, 15) is 18.0 Å². The molecule has 1 aromatic carbocycles. The van der Waals surface area contributed by atoms with E-state index in [-0.39, 0.29) is 28.0 Å². The van der Waals surface area contributed by atoms with E-state index in [0.717, 1.165) is 39.1 Å². The maximum Gasteiger partial charge on any atom is 0.243 e. The fourth-order valence-electron chi connectivity index (χ4n) is 5.63. The SMILES string of the molecule is CC(=O)c1cccc(S(=O)(=O)N2CCC(C(=O)NCC3(N4CCOCC4)CCCCC3)CC2)c1. The fourth-order valence-corrected chi connectivity index (χ4v) is 7.15. The minimum Gasteiger partial charge on any atom is -0.379 e. The van der Waals surface area contributed by atoms with Gasteiger partial charge in [0.1, 0.15) is 0 Å². The van der Waals surface area contributed by atoms with Crippen molar-refractivity contribution in [2.45, 2.75) is 62.3 Å². The summed E-state index contributed by atoms with van der Waals surface area (Å²) in [5.41, 5.74) is 0.399. The molecule has 8 nitrogen and oxygen atoms in total. The number of sulfonamides is 1. The van der Waals surface area contributed by atoms with E-state index in [0.29, 0.717) is 38.0 Å². The van der Waals surface area contributed by atoms with Gasteiger partial charge in [0.05, 0.1) is 18.1 Å². The Hall–Kier alpha value is -1.81. The van der Waals surface area contributed by atoms with Gasteiger partial charge in [0.2, 0.25) is 15.9 Å². The Morgan fingerprint density at radius 3 is 2.38 bits per heavy atom. The number of ketones is 1. The molecule has 1 N–H and O–H groups in total. The average molecular weight is 492 g/mol. The van der Waals surface area contributed by atoms with Crippen LogP contribution in [0.4, 0.5) is 0 Å². The molecule has 3 fully saturated rings. The normalized spacial score (nSPS) is 22.9. The highest BCUT2D eigenvalue weighted by molar-refractivity contribution is 7.89. The summed E-state index contributed by atoms with van der Waals surface area (Å²) in [6.45, 7) is 6.01. The number of morpholine rings is 1.